The van der Waals surface area contributed by atoms with Gasteiger partial charge in [-0.2, -0.15) is 0 Å². The number of carbonyl (C=O) groups is 2. The summed E-state index contributed by atoms with van der Waals surface area (Å²) in [5.41, 5.74) is 1.63. The van der Waals surface area contributed by atoms with Crippen LogP contribution in [0, 0.1) is 0 Å². The number of hydrogen-bond acceptors (Lipinski definition) is 3. The molecule has 4 rings (SSSR count). The van der Waals surface area contributed by atoms with E-state index in [9.17, 15) is 9.59 Å². The maximum absolute atomic E-state index is 12.7. The quantitative estimate of drug-likeness (QED) is 0.353. The number of rotatable bonds is 4. The minimum atomic E-state index is -0.478. The van der Waals surface area contributed by atoms with Crippen molar-refractivity contribution in [1.82, 2.24) is 10.2 Å². The first-order chi connectivity index (χ1) is 13.9. The molecule has 1 aliphatic heterocycles. The second-order valence-corrected chi connectivity index (χ2v) is 8.09. The molecule has 0 aliphatic carbocycles. The zero-order chi connectivity index (χ0) is 20.5. The Hall–Kier alpha value is -2.54. The van der Waals surface area contributed by atoms with E-state index >= 15 is 0 Å². The molecule has 1 fully saturated rings. The van der Waals surface area contributed by atoms with Crippen molar-refractivity contribution in [2.45, 2.75) is 6.54 Å². The summed E-state index contributed by atoms with van der Waals surface area (Å²) in [6, 6.07) is 15.4. The summed E-state index contributed by atoms with van der Waals surface area (Å²) in [5.74, 6) is 0.495. The molecule has 0 bridgehead atoms. The number of urea groups is 1. The van der Waals surface area contributed by atoms with Crippen LogP contribution in [0.2, 0.25) is 10.0 Å². The molecule has 8 heteroatoms. The SMILES string of the molecule is O=C1N/C(=C/c2ccc(-c3cc(Cl)ccc3Cl)o2)C(=O)N1Cc1ccc(Br)cc1. The Bertz CT molecular complexity index is 1140. The molecule has 0 unspecified atom stereocenters. The average Bonchev–Trinajstić information content (AvgIpc) is 3.26. The van der Waals surface area contributed by atoms with Gasteiger partial charge in [-0.25, -0.2) is 4.79 Å². The molecule has 2 aromatic carbocycles. The summed E-state index contributed by atoms with van der Waals surface area (Å²) in [5, 5.41) is 3.61. The van der Waals surface area contributed by atoms with Crippen LogP contribution in [0.3, 0.4) is 0 Å². The lowest BCUT2D eigenvalue weighted by Gasteiger charge is -2.11. The van der Waals surface area contributed by atoms with Gasteiger partial charge in [-0.1, -0.05) is 51.3 Å². The normalized spacial score (nSPS) is 15.3. The largest absolute Gasteiger partial charge is 0.457 e. The molecule has 146 valence electrons. The lowest BCUT2D eigenvalue weighted by Crippen LogP contribution is -2.30. The molecule has 0 atom stereocenters. The van der Waals surface area contributed by atoms with Crippen molar-refractivity contribution < 1.29 is 14.0 Å². The molecular formula is C21H13BrCl2N2O3. The fourth-order valence-electron chi connectivity index (χ4n) is 2.89. The second kappa shape index (κ2) is 8.06. The number of furan rings is 1. The van der Waals surface area contributed by atoms with E-state index in [0.717, 1.165) is 14.9 Å². The Kier molecular flexibility index (Phi) is 5.50. The third-order valence-electron chi connectivity index (χ3n) is 4.32. The Morgan fingerprint density at radius 1 is 1.03 bits per heavy atom. The van der Waals surface area contributed by atoms with E-state index in [-0.39, 0.29) is 12.2 Å². The van der Waals surface area contributed by atoms with Gasteiger partial charge in [0.1, 0.15) is 17.2 Å². The van der Waals surface area contributed by atoms with Crippen molar-refractivity contribution in [3.05, 3.63) is 86.1 Å². The Morgan fingerprint density at radius 2 is 1.79 bits per heavy atom. The number of nitrogens with one attached hydrogen (secondary N) is 1. The Balaban J connectivity index is 1.55. The van der Waals surface area contributed by atoms with Gasteiger partial charge in [0.05, 0.1) is 11.6 Å². The summed E-state index contributed by atoms with van der Waals surface area (Å²) < 4.78 is 6.69. The zero-order valence-corrected chi connectivity index (χ0v) is 17.9. The predicted molar refractivity (Wildman–Crippen MR) is 115 cm³/mol. The summed E-state index contributed by atoms with van der Waals surface area (Å²) >= 11 is 15.6. The number of hydrogen-bond donors (Lipinski definition) is 1. The number of halogens is 3. The van der Waals surface area contributed by atoms with Gasteiger partial charge in [0.15, 0.2) is 0 Å². The van der Waals surface area contributed by atoms with Crippen LogP contribution in [-0.2, 0) is 11.3 Å². The van der Waals surface area contributed by atoms with E-state index in [0.29, 0.717) is 27.1 Å². The molecule has 3 aromatic rings. The fourth-order valence-corrected chi connectivity index (χ4v) is 3.54. The van der Waals surface area contributed by atoms with Crippen molar-refractivity contribution in [2.24, 2.45) is 0 Å². The van der Waals surface area contributed by atoms with E-state index in [1.807, 2.05) is 24.3 Å². The third kappa shape index (κ3) is 4.24. The first kappa shape index (κ1) is 19.8. The topological polar surface area (TPSA) is 62.6 Å². The van der Waals surface area contributed by atoms with Crippen molar-refractivity contribution in [3.8, 4) is 11.3 Å². The van der Waals surface area contributed by atoms with Gasteiger partial charge in [-0.05, 0) is 48.0 Å². The van der Waals surface area contributed by atoms with Crippen molar-refractivity contribution in [3.63, 3.8) is 0 Å². The van der Waals surface area contributed by atoms with Gasteiger partial charge in [0.2, 0.25) is 0 Å². The van der Waals surface area contributed by atoms with Crippen molar-refractivity contribution in [2.75, 3.05) is 0 Å². The van der Waals surface area contributed by atoms with E-state index in [4.69, 9.17) is 27.6 Å². The molecule has 29 heavy (non-hydrogen) atoms. The van der Waals surface area contributed by atoms with Gasteiger partial charge >= 0.3 is 6.03 Å². The summed E-state index contributed by atoms with van der Waals surface area (Å²) in [6.45, 7) is 0.177. The van der Waals surface area contributed by atoms with E-state index < -0.39 is 11.9 Å². The molecule has 2 heterocycles. The molecule has 0 spiro atoms. The van der Waals surface area contributed by atoms with Crippen LogP contribution < -0.4 is 5.32 Å². The van der Waals surface area contributed by atoms with Crippen LogP contribution in [0.5, 0.6) is 0 Å². The zero-order valence-electron chi connectivity index (χ0n) is 14.8. The van der Waals surface area contributed by atoms with Gasteiger partial charge < -0.3 is 9.73 Å². The van der Waals surface area contributed by atoms with E-state index in [1.54, 1.807) is 30.3 Å². The lowest BCUT2D eigenvalue weighted by atomic mass is 10.2. The fraction of sp³-hybridized carbons (Fsp3) is 0.0476. The number of imide groups is 1. The Labute approximate surface area is 185 Å². The first-order valence-corrected chi connectivity index (χ1v) is 10.1. The smallest absolute Gasteiger partial charge is 0.329 e. The molecule has 1 N–H and O–H groups in total. The molecule has 0 radical (unpaired) electrons. The molecule has 3 amide bonds. The second-order valence-electron chi connectivity index (χ2n) is 6.33. The molecule has 1 aromatic heterocycles. The standard InChI is InChI=1S/C21H13BrCl2N2O3/c22-13-3-1-12(2-4-13)11-26-20(27)18(25-21(26)28)10-15-6-8-19(29-15)16-9-14(23)5-7-17(16)24/h1-10H,11H2,(H,25,28)/b18-10+. The van der Waals surface area contributed by atoms with Crippen LogP contribution in [-0.4, -0.2) is 16.8 Å². The van der Waals surface area contributed by atoms with Crippen LogP contribution in [0.25, 0.3) is 17.4 Å². The van der Waals surface area contributed by atoms with Crippen molar-refractivity contribution >= 4 is 57.1 Å². The summed E-state index contributed by atoms with van der Waals surface area (Å²) in [7, 11) is 0. The molecule has 1 aliphatic rings. The van der Waals surface area contributed by atoms with Crippen LogP contribution >= 0.6 is 39.1 Å². The number of nitrogens with zero attached hydrogens (tertiary/aromatic N) is 1. The molecule has 0 saturated carbocycles. The van der Waals surface area contributed by atoms with Gasteiger partial charge in [-0.15, -0.1) is 0 Å². The van der Waals surface area contributed by atoms with E-state index in [1.165, 1.54) is 6.08 Å². The lowest BCUT2D eigenvalue weighted by molar-refractivity contribution is -0.123. The molecule has 1 saturated heterocycles. The third-order valence-corrected chi connectivity index (χ3v) is 5.42. The van der Waals surface area contributed by atoms with Crippen molar-refractivity contribution in [1.29, 1.82) is 0 Å². The first-order valence-electron chi connectivity index (χ1n) is 8.55. The Morgan fingerprint density at radius 3 is 2.55 bits per heavy atom. The minimum absolute atomic E-state index is 0.144. The molecular weight excluding hydrogens is 479 g/mol. The van der Waals surface area contributed by atoms with Gasteiger partial charge in [0.25, 0.3) is 5.91 Å². The van der Waals surface area contributed by atoms with E-state index in [2.05, 4.69) is 21.2 Å². The number of carbonyl (C=O) groups excluding carboxylic acids is 2. The van der Waals surface area contributed by atoms with Gasteiger partial charge in [0, 0.05) is 21.1 Å². The highest BCUT2D eigenvalue weighted by Crippen LogP contribution is 2.32. The number of benzene rings is 2. The maximum Gasteiger partial charge on any atom is 0.329 e. The number of amides is 3. The summed E-state index contributed by atoms with van der Waals surface area (Å²) in [6.07, 6.45) is 1.49. The highest BCUT2D eigenvalue weighted by Gasteiger charge is 2.33. The van der Waals surface area contributed by atoms with Crippen LogP contribution in [0.15, 0.2) is 69.2 Å². The highest BCUT2D eigenvalue weighted by atomic mass is 79.9. The van der Waals surface area contributed by atoms with Gasteiger partial charge in [-0.3, -0.25) is 9.69 Å². The minimum Gasteiger partial charge on any atom is -0.457 e. The van der Waals surface area contributed by atoms with Crippen LogP contribution in [0.1, 0.15) is 11.3 Å². The predicted octanol–water partition coefficient (Wildman–Crippen LogP) is 6.11. The maximum atomic E-state index is 12.7. The van der Waals surface area contributed by atoms with Crippen LogP contribution in [0.4, 0.5) is 4.79 Å². The summed E-state index contributed by atoms with van der Waals surface area (Å²) in [4.78, 5) is 26.0. The monoisotopic (exact) mass is 490 g/mol. The molecule has 5 nitrogen and oxygen atoms in total. The highest BCUT2D eigenvalue weighted by molar-refractivity contribution is 9.10. The average molecular weight is 492 g/mol.